The van der Waals surface area contributed by atoms with Gasteiger partial charge in [0.05, 0.1) is 0 Å². The molecule has 1 atom stereocenters. The molecule has 0 saturated carbocycles. The van der Waals surface area contributed by atoms with E-state index in [1.54, 1.807) is 0 Å². The van der Waals surface area contributed by atoms with Crippen molar-refractivity contribution in [3.8, 4) is 0 Å². The van der Waals surface area contributed by atoms with Crippen molar-refractivity contribution in [2.75, 3.05) is 0 Å². The second kappa shape index (κ2) is 7.77. The van der Waals surface area contributed by atoms with Crippen molar-refractivity contribution in [3.05, 3.63) is 6.92 Å². The van der Waals surface area contributed by atoms with Crippen molar-refractivity contribution in [2.24, 2.45) is 4.99 Å². The lowest BCUT2D eigenvalue weighted by molar-refractivity contribution is 0.590. The molecule has 0 heterocycles. The van der Waals surface area contributed by atoms with E-state index in [2.05, 4.69) is 25.8 Å². The second-order valence-electron chi connectivity index (χ2n) is 2.82. The molecule has 1 heteroatoms. The lowest BCUT2D eigenvalue weighted by Gasteiger charge is -2.06. The van der Waals surface area contributed by atoms with Gasteiger partial charge in [0.25, 0.3) is 0 Å². The first-order chi connectivity index (χ1) is 5.35. The molecule has 11 heavy (non-hydrogen) atoms. The van der Waals surface area contributed by atoms with E-state index in [1.807, 2.05) is 6.21 Å². The number of rotatable bonds is 6. The minimum absolute atomic E-state index is 0.562. The van der Waals surface area contributed by atoms with Gasteiger partial charge < -0.3 is 0 Å². The number of aliphatic imine (C=N–C) groups is 1. The molecule has 0 saturated heterocycles. The van der Waals surface area contributed by atoms with Gasteiger partial charge in [-0.25, -0.2) is 0 Å². The number of unbranched alkanes of at least 4 members (excludes halogenated alkanes) is 1. The molecule has 0 aliphatic carbocycles. The monoisotopic (exact) mass is 154 g/mol. The van der Waals surface area contributed by atoms with Crippen LogP contribution in [0.5, 0.6) is 0 Å². The first-order valence-electron chi connectivity index (χ1n) is 4.66. The Morgan fingerprint density at radius 1 is 1.45 bits per heavy atom. The number of hydrogen-bond acceptors (Lipinski definition) is 1. The average Bonchev–Trinajstić information content (AvgIpc) is 2.03. The van der Waals surface area contributed by atoms with Gasteiger partial charge in [-0.2, -0.15) is 0 Å². The Labute approximate surface area is 70.9 Å². The lowest BCUT2D eigenvalue weighted by atomic mass is 10.1. The van der Waals surface area contributed by atoms with Crippen LogP contribution in [0.3, 0.4) is 0 Å². The second-order valence-corrected chi connectivity index (χ2v) is 2.82. The summed E-state index contributed by atoms with van der Waals surface area (Å²) < 4.78 is 0. The van der Waals surface area contributed by atoms with Gasteiger partial charge in [0.15, 0.2) is 0 Å². The average molecular weight is 154 g/mol. The summed E-state index contributed by atoms with van der Waals surface area (Å²) in [6, 6.07) is 0.562. The van der Waals surface area contributed by atoms with E-state index in [9.17, 15) is 0 Å². The SMILES string of the molecule is [CH2]CCC=NC(CC)CCC. The molecule has 0 aromatic rings. The normalized spacial score (nSPS) is 14.1. The highest BCUT2D eigenvalue weighted by Gasteiger charge is 1.98. The first kappa shape index (κ1) is 10.7. The molecule has 1 nitrogen and oxygen atoms in total. The van der Waals surface area contributed by atoms with Crippen LogP contribution in [0.4, 0.5) is 0 Å². The summed E-state index contributed by atoms with van der Waals surface area (Å²) in [6.07, 6.45) is 7.65. The van der Waals surface area contributed by atoms with Crippen LogP contribution in [-0.4, -0.2) is 12.3 Å². The van der Waals surface area contributed by atoms with Gasteiger partial charge in [0.2, 0.25) is 0 Å². The fourth-order valence-electron chi connectivity index (χ4n) is 1.03. The van der Waals surface area contributed by atoms with Crippen LogP contribution in [0.1, 0.15) is 46.0 Å². The number of nitrogens with zero attached hydrogens (tertiary/aromatic N) is 1. The minimum Gasteiger partial charge on any atom is -0.294 e. The lowest BCUT2D eigenvalue weighted by Crippen LogP contribution is -2.01. The predicted octanol–water partition coefficient (Wildman–Crippen LogP) is 3.25. The fraction of sp³-hybridized carbons (Fsp3) is 0.800. The summed E-state index contributed by atoms with van der Waals surface area (Å²) in [5, 5.41) is 0. The molecule has 0 spiro atoms. The Morgan fingerprint density at radius 3 is 2.64 bits per heavy atom. The maximum absolute atomic E-state index is 4.46. The predicted molar refractivity (Wildman–Crippen MR) is 52.1 cm³/mol. The van der Waals surface area contributed by atoms with Crippen molar-refractivity contribution in [2.45, 2.75) is 52.0 Å². The zero-order chi connectivity index (χ0) is 8.53. The summed E-state index contributed by atoms with van der Waals surface area (Å²) in [6.45, 7) is 8.17. The van der Waals surface area contributed by atoms with Gasteiger partial charge in [-0.15, -0.1) is 0 Å². The third-order valence-electron chi connectivity index (χ3n) is 1.74. The summed E-state index contributed by atoms with van der Waals surface area (Å²) >= 11 is 0. The Kier molecular flexibility index (Phi) is 7.54. The number of hydrogen-bond donors (Lipinski definition) is 0. The maximum atomic E-state index is 4.46. The fourth-order valence-corrected chi connectivity index (χ4v) is 1.03. The van der Waals surface area contributed by atoms with Gasteiger partial charge >= 0.3 is 0 Å². The molecule has 0 amide bonds. The molecule has 0 aromatic heterocycles. The standard InChI is InChI=1S/C10H20N/c1-4-7-9-11-10(6-3)8-5-2/h9-10H,1,4-8H2,2-3H3. The van der Waals surface area contributed by atoms with E-state index in [1.165, 1.54) is 19.3 Å². The molecule has 0 fully saturated rings. The molecule has 0 rings (SSSR count). The van der Waals surface area contributed by atoms with Gasteiger partial charge in [0, 0.05) is 6.04 Å². The minimum atomic E-state index is 0.562. The topological polar surface area (TPSA) is 12.4 Å². The van der Waals surface area contributed by atoms with E-state index in [4.69, 9.17) is 0 Å². The smallest absolute Gasteiger partial charge is 0.0493 e. The van der Waals surface area contributed by atoms with E-state index in [-0.39, 0.29) is 0 Å². The van der Waals surface area contributed by atoms with Crippen LogP contribution in [0.15, 0.2) is 4.99 Å². The van der Waals surface area contributed by atoms with Crippen LogP contribution >= 0.6 is 0 Å². The Bertz CT molecular complexity index is 97.0. The van der Waals surface area contributed by atoms with Crippen molar-refractivity contribution >= 4 is 6.21 Å². The van der Waals surface area contributed by atoms with Crippen molar-refractivity contribution < 1.29 is 0 Å². The van der Waals surface area contributed by atoms with Crippen LogP contribution in [-0.2, 0) is 0 Å². The molecule has 1 unspecified atom stereocenters. The molecule has 0 N–H and O–H groups in total. The molecular weight excluding hydrogens is 134 g/mol. The van der Waals surface area contributed by atoms with E-state index in [0.717, 1.165) is 12.8 Å². The Hall–Kier alpha value is -0.330. The maximum Gasteiger partial charge on any atom is 0.0493 e. The highest BCUT2D eigenvalue weighted by atomic mass is 14.8. The van der Waals surface area contributed by atoms with E-state index in [0.29, 0.717) is 6.04 Å². The van der Waals surface area contributed by atoms with Crippen molar-refractivity contribution in [3.63, 3.8) is 0 Å². The molecule has 0 aromatic carbocycles. The van der Waals surface area contributed by atoms with Crippen LogP contribution in [0.2, 0.25) is 0 Å². The Morgan fingerprint density at radius 2 is 2.18 bits per heavy atom. The van der Waals surface area contributed by atoms with E-state index >= 15 is 0 Å². The van der Waals surface area contributed by atoms with Crippen molar-refractivity contribution in [1.82, 2.24) is 0 Å². The zero-order valence-corrected chi connectivity index (χ0v) is 7.84. The van der Waals surface area contributed by atoms with Crippen molar-refractivity contribution in [1.29, 1.82) is 0 Å². The quantitative estimate of drug-likeness (QED) is 0.521. The van der Waals surface area contributed by atoms with Gasteiger partial charge in [-0.05, 0) is 31.9 Å². The third-order valence-corrected chi connectivity index (χ3v) is 1.74. The van der Waals surface area contributed by atoms with Gasteiger partial charge in [-0.3, -0.25) is 4.99 Å². The zero-order valence-electron chi connectivity index (χ0n) is 7.84. The molecular formula is C10H20N. The molecule has 1 radical (unpaired) electrons. The van der Waals surface area contributed by atoms with Gasteiger partial charge in [-0.1, -0.05) is 27.2 Å². The molecule has 0 aliphatic rings. The highest BCUT2D eigenvalue weighted by Crippen LogP contribution is 2.05. The van der Waals surface area contributed by atoms with Crippen LogP contribution < -0.4 is 0 Å². The van der Waals surface area contributed by atoms with E-state index < -0.39 is 0 Å². The summed E-state index contributed by atoms with van der Waals surface area (Å²) in [4.78, 5) is 4.46. The molecule has 0 aliphatic heterocycles. The largest absolute Gasteiger partial charge is 0.294 e. The summed E-state index contributed by atoms with van der Waals surface area (Å²) in [7, 11) is 0. The summed E-state index contributed by atoms with van der Waals surface area (Å²) in [5.74, 6) is 0. The summed E-state index contributed by atoms with van der Waals surface area (Å²) in [5.41, 5.74) is 0. The highest BCUT2D eigenvalue weighted by molar-refractivity contribution is 5.57. The Balaban J connectivity index is 3.49. The van der Waals surface area contributed by atoms with Gasteiger partial charge in [0.1, 0.15) is 0 Å². The molecule has 0 bridgehead atoms. The molecule has 65 valence electrons. The first-order valence-corrected chi connectivity index (χ1v) is 4.66. The third kappa shape index (κ3) is 6.08. The van der Waals surface area contributed by atoms with Crippen LogP contribution in [0, 0.1) is 6.92 Å². The van der Waals surface area contributed by atoms with Crippen LogP contribution in [0.25, 0.3) is 0 Å².